The molecule has 0 bridgehead atoms. The van der Waals surface area contributed by atoms with Gasteiger partial charge in [-0.15, -0.1) is 0 Å². The van der Waals surface area contributed by atoms with Crippen molar-refractivity contribution < 1.29 is 4.79 Å². The predicted molar refractivity (Wildman–Crippen MR) is 111 cm³/mol. The molecule has 5 heteroatoms. The van der Waals surface area contributed by atoms with Gasteiger partial charge in [0.15, 0.2) is 5.78 Å². The molecule has 0 spiro atoms. The van der Waals surface area contributed by atoms with Crippen LogP contribution in [0, 0.1) is 0 Å². The van der Waals surface area contributed by atoms with Crippen LogP contribution in [0.25, 0.3) is 0 Å². The maximum atomic E-state index is 12.5. The maximum absolute atomic E-state index is 12.5. The minimum absolute atomic E-state index is 0.0135. The van der Waals surface area contributed by atoms with Gasteiger partial charge in [-0.05, 0) is 72.8 Å². The molecule has 0 aliphatic heterocycles. The van der Waals surface area contributed by atoms with Crippen LogP contribution in [0.15, 0.2) is 83.0 Å². The second-order valence-corrected chi connectivity index (χ2v) is 6.31. The number of carbonyl (C=O) groups excluding carboxylic acids is 1. The van der Waals surface area contributed by atoms with Gasteiger partial charge in [0.25, 0.3) is 0 Å². The van der Waals surface area contributed by atoms with E-state index in [9.17, 15) is 4.79 Å². The van der Waals surface area contributed by atoms with Crippen molar-refractivity contribution in [3.63, 3.8) is 0 Å². The lowest BCUT2D eigenvalue weighted by Gasteiger charge is -2.11. The average molecular weight is 358 g/mol. The molecule has 0 aromatic heterocycles. The molecule has 3 aromatic carbocycles. The van der Waals surface area contributed by atoms with Crippen LogP contribution in [-0.4, -0.2) is 26.9 Å². The molecule has 0 amide bonds. The van der Waals surface area contributed by atoms with E-state index in [-0.39, 0.29) is 5.78 Å². The van der Waals surface area contributed by atoms with Crippen molar-refractivity contribution in [1.29, 1.82) is 0 Å². The smallest absolute Gasteiger partial charge is 0.193 e. The Morgan fingerprint density at radius 1 is 0.741 bits per heavy atom. The van der Waals surface area contributed by atoms with Crippen molar-refractivity contribution in [3.8, 4) is 0 Å². The molecule has 136 valence electrons. The first kappa shape index (κ1) is 18.3. The van der Waals surface area contributed by atoms with Crippen molar-refractivity contribution >= 4 is 28.5 Å². The van der Waals surface area contributed by atoms with Gasteiger partial charge in [-0.2, -0.15) is 10.2 Å². The second-order valence-electron chi connectivity index (χ2n) is 6.31. The predicted octanol–water partition coefficient (Wildman–Crippen LogP) is 5.44. The molecule has 3 rings (SSSR count). The number of hydrogen-bond acceptors (Lipinski definition) is 5. The Morgan fingerprint density at radius 3 is 1.63 bits per heavy atom. The van der Waals surface area contributed by atoms with E-state index in [1.165, 1.54) is 0 Å². The van der Waals surface area contributed by atoms with Gasteiger partial charge in [0.1, 0.15) is 0 Å². The third kappa shape index (κ3) is 4.58. The van der Waals surface area contributed by atoms with E-state index >= 15 is 0 Å². The molecule has 0 aliphatic rings. The molecule has 3 aromatic rings. The van der Waals surface area contributed by atoms with Gasteiger partial charge in [0.2, 0.25) is 0 Å². The highest BCUT2D eigenvalue weighted by molar-refractivity contribution is 6.09. The number of ketones is 1. The minimum Gasteiger partial charge on any atom is -0.388 e. The summed E-state index contributed by atoms with van der Waals surface area (Å²) in [6.07, 6.45) is 0. The highest BCUT2D eigenvalue weighted by atomic mass is 16.1. The van der Waals surface area contributed by atoms with Crippen molar-refractivity contribution in [2.75, 3.05) is 31.4 Å². The van der Waals surface area contributed by atoms with Crippen molar-refractivity contribution in [2.24, 2.45) is 10.2 Å². The summed E-state index contributed by atoms with van der Waals surface area (Å²) in [6, 6.07) is 22.4. The van der Waals surface area contributed by atoms with Crippen LogP contribution in [0.4, 0.5) is 22.7 Å². The van der Waals surface area contributed by atoms with Crippen LogP contribution in [0.3, 0.4) is 0 Å². The molecule has 0 fully saturated rings. The van der Waals surface area contributed by atoms with E-state index < -0.39 is 0 Å². The van der Waals surface area contributed by atoms with Crippen LogP contribution in [-0.2, 0) is 0 Å². The summed E-state index contributed by atoms with van der Waals surface area (Å²) in [5.41, 5.74) is 4.85. The quantitative estimate of drug-likeness (QED) is 0.471. The molecule has 0 atom stereocenters. The third-order valence-electron chi connectivity index (χ3n) is 4.21. The highest BCUT2D eigenvalue weighted by Gasteiger charge is 2.08. The van der Waals surface area contributed by atoms with Gasteiger partial charge < -0.3 is 10.2 Å². The van der Waals surface area contributed by atoms with Gasteiger partial charge in [0.05, 0.1) is 11.4 Å². The van der Waals surface area contributed by atoms with E-state index in [1.807, 2.05) is 74.6 Å². The molecule has 0 saturated heterocycles. The highest BCUT2D eigenvalue weighted by Crippen LogP contribution is 2.22. The standard InChI is InChI=1S/C22H22N4O/c1-23-18-8-4-16(5-9-18)22(27)17-6-10-19(11-7-17)24-25-20-12-14-21(15-13-20)26(2)3/h4-15,23H,1-3H3. The summed E-state index contributed by atoms with van der Waals surface area (Å²) in [6.45, 7) is 0. The Morgan fingerprint density at radius 2 is 1.19 bits per heavy atom. The van der Waals surface area contributed by atoms with E-state index in [4.69, 9.17) is 0 Å². The normalized spacial score (nSPS) is 10.8. The molecule has 0 unspecified atom stereocenters. The van der Waals surface area contributed by atoms with Crippen LogP contribution in [0.2, 0.25) is 0 Å². The lowest BCUT2D eigenvalue weighted by Crippen LogP contribution is -2.07. The Hall–Kier alpha value is -3.47. The van der Waals surface area contributed by atoms with Gasteiger partial charge >= 0.3 is 0 Å². The average Bonchev–Trinajstić information content (AvgIpc) is 2.72. The number of carbonyl (C=O) groups is 1. The maximum Gasteiger partial charge on any atom is 0.193 e. The van der Waals surface area contributed by atoms with Gasteiger partial charge in [-0.1, -0.05) is 0 Å². The first-order valence-corrected chi connectivity index (χ1v) is 8.68. The SMILES string of the molecule is CNc1ccc(C(=O)c2ccc(N=Nc3ccc(N(C)C)cc3)cc2)cc1. The molecule has 27 heavy (non-hydrogen) atoms. The molecule has 0 radical (unpaired) electrons. The monoisotopic (exact) mass is 358 g/mol. The largest absolute Gasteiger partial charge is 0.388 e. The number of benzene rings is 3. The van der Waals surface area contributed by atoms with Crippen molar-refractivity contribution in [3.05, 3.63) is 83.9 Å². The van der Waals surface area contributed by atoms with Gasteiger partial charge in [-0.3, -0.25) is 4.79 Å². The minimum atomic E-state index is -0.0135. The van der Waals surface area contributed by atoms with Crippen molar-refractivity contribution in [2.45, 2.75) is 0 Å². The number of azo groups is 1. The second kappa shape index (κ2) is 8.27. The van der Waals surface area contributed by atoms with E-state index in [1.54, 1.807) is 24.3 Å². The molecule has 0 aliphatic carbocycles. The van der Waals surface area contributed by atoms with Crippen LogP contribution < -0.4 is 10.2 Å². The summed E-state index contributed by atoms with van der Waals surface area (Å²) in [4.78, 5) is 14.6. The summed E-state index contributed by atoms with van der Waals surface area (Å²) < 4.78 is 0. The fourth-order valence-corrected chi connectivity index (χ4v) is 2.57. The molecule has 0 heterocycles. The zero-order valence-corrected chi connectivity index (χ0v) is 15.7. The fraction of sp³-hybridized carbons (Fsp3) is 0.136. The summed E-state index contributed by atoms with van der Waals surface area (Å²) in [5.74, 6) is -0.0135. The Labute approximate surface area is 159 Å². The number of rotatable bonds is 6. The van der Waals surface area contributed by atoms with Crippen molar-refractivity contribution in [1.82, 2.24) is 0 Å². The van der Waals surface area contributed by atoms with E-state index in [0.717, 1.165) is 17.1 Å². The Bertz CT molecular complexity index is 928. The summed E-state index contributed by atoms with van der Waals surface area (Å²) >= 11 is 0. The molecular weight excluding hydrogens is 336 g/mol. The molecular formula is C22H22N4O. The van der Waals surface area contributed by atoms with E-state index in [2.05, 4.69) is 15.5 Å². The van der Waals surface area contributed by atoms with E-state index in [0.29, 0.717) is 16.8 Å². The Kier molecular flexibility index (Phi) is 5.61. The first-order valence-electron chi connectivity index (χ1n) is 8.68. The lowest BCUT2D eigenvalue weighted by molar-refractivity contribution is 0.103. The third-order valence-corrected chi connectivity index (χ3v) is 4.21. The van der Waals surface area contributed by atoms with Crippen LogP contribution >= 0.6 is 0 Å². The molecule has 5 nitrogen and oxygen atoms in total. The lowest BCUT2D eigenvalue weighted by atomic mass is 10.0. The van der Waals surface area contributed by atoms with Crippen LogP contribution in [0.1, 0.15) is 15.9 Å². The summed E-state index contributed by atoms with van der Waals surface area (Å²) in [5, 5.41) is 11.5. The first-order chi connectivity index (χ1) is 13.1. The molecule has 1 N–H and O–H groups in total. The number of nitrogens with one attached hydrogen (secondary N) is 1. The number of hydrogen-bond donors (Lipinski definition) is 1. The van der Waals surface area contributed by atoms with Gasteiger partial charge in [0, 0.05) is 43.6 Å². The zero-order valence-electron chi connectivity index (χ0n) is 15.7. The van der Waals surface area contributed by atoms with Gasteiger partial charge in [-0.25, -0.2) is 0 Å². The number of anilines is 2. The summed E-state index contributed by atoms with van der Waals surface area (Å²) in [7, 11) is 5.84. The Balaban J connectivity index is 1.69. The number of nitrogens with zero attached hydrogens (tertiary/aromatic N) is 3. The zero-order chi connectivity index (χ0) is 19.2. The molecule has 0 saturated carbocycles. The van der Waals surface area contributed by atoms with Crippen LogP contribution in [0.5, 0.6) is 0 Å². The topological polar surface area (TPSA) is 57.1 Å². The fourth-order valence-electron chi connectivity index (χ4n) is 2.57.